The van der Waals surface area contributed by atoms with Crippen LogP contribution >= 0.6 is 0 Å². The quantitative estimate of drug-likeness (QED) is 0.893. The molecule has 0 heterocycles. The molecule has 1 amide bonds. The van der Waals surface area contributed by atoms with E-state index in [0.717, 1.165) is 30.6 Å². The SMILES string of the molecule is COc1ccc(-c2ccc(C(=O)NC3CCCCC3O)c(F)c2)cc1. The molecule has 2 atom stereocenters. The highest BCUT2D eigenvalue weighted by Crippen LogP contribution is 2.25. The lowest BCUT2D eigenvalue weighted by Gasteiger charge is -2.28. The van der Waals surface area contributed by atoms with Crippen molar-refractivity contribution in [3.63, 3.8) is 0 Å². The Labute approximate surface area is 146 Å². The van der Waals surface area contributed by atoms with Crippen molar-refractivity contribution in [3.05, 3.63) is 53.8 Å². The molecule has 25 heavy (non-hydrogen) atoms. The van der Waals surface area contributed by atoms with Crippen LogP contribution in [0.1, 0.15) is 36.0 Å². The van der Waals surface area contributed by atoms with Gasteiger partial charge in [-0.3, -0.25) is 4.79 Å². The molecule has 0 saturated heterocycles. The molecule has 2 aromatic rings. The van der Waals surface area contributed by atoms with Crippen LogP contribution in [0.15, 0.2) is 42.5 Å². The normalized spacial score (nSPS) is 20.1. The van der Waals surface area contributed by atoms with E-state index in [0.29, 0.717) is 12.0 Å². The van der Waals surface area contributed by atoms with Crippen LogP contribution in [0.4, 0.5) is 4.39 Å². The van der Waals surface area contributed by atoms with Crippen LogP contribution in [-0.4, -0.2) is 30.3 Å². The first kappa shape index (κ1) is 17.4. The minimum Gasteiger partial charge on any atom is -0.497 e. The van der Waals surface area contributed by atoms with Gasteiger partial charge in [0, 0.05) is 0 Å². The van der Waals surface area contributed by atoms with E-state index in [1.54, 1.807) is 25.3 Å². The fourth-order valence-electron chi connectivity index (χ4n) is 3.19. The highest BCUT2D eigenvalue weighted by Gasteiger charge is 2.25. The number of carbonyl (C=O) groups excluding carboxylic acids is 1. The second-order valence-electron chi connectivity index (χ2n) is 6.35. The summed E-state index contributed by atoms with van der Waals surface area (Å²) in [7, 11) is 1.59. The van der Waals surface area contributed by atoms with Gasteiger partial charge in [-0.05, 0) is 48.2 Å². The highest BCUT2D eigenvalue weighted by atomic mass is 19.1. The van der Waals surface area contributed by atoms with Gasteiger partial charge in [0.25, 0.3) is 5.91 Å². The van der Waals surface area contributed by atoms with Crippen molar-refractivity contribution in [3.8, 4) is 16.9 Å². The summed E-state index contributed by atoms with van der Waals surface area (Å²) in [6.45, 7) is 0. The fourth-order valence-corrected chi connectivity index (χ4v) is 3.19. The van der Waals surface area contributed by atoms with Crippen molar-refractivity contribution in [2.24, 2.45) is 0 Å². The molecule has 4 nitrogen and oxygen atoms in total. The fraction of sp³-hybridized carbons (Fsp3) is 0.350. The van der Waals surface area contributed by atoms with E-state index in [1.807, 2.05) is 12.1 Å². The summed E-state index contributed by atoms with van der Waals surface area (Å²) in [6, 6.07) is 11.5. The predicted octanol–water partition coefficient (Wildman–Crippen LogP) is 3.53. The Morgan fingerprint density at radius 3 is 2.44 bits per heavy atom. The number of aliphatic hydroxyl groups excluding tert-OH is 1. The number of benzene rings is 2. The molecule has 3 rings (SSSR count). The molecule has 0 aromatic heterocycles. The van der Waals surface area contributed by atoms with Gasteiger partial charge in [-0.15, -0.1) is 0 Å². The van der Waals surface area contributed by atoms with Gasteiger partial charge < -0.3 is 15.2 Å². The molecule has 1 saturated carbocycles. The van der Waals surface area contributed by atoms with Crippen LogP contribution in [-0.2, 0) is 0 Å². The van der Waals surface area contributed by atoms with Gasteiger partial charge in [0.15, 0.2) is 0 Å². The lowest BCUT2D eigenvalue weighted by Crippen LogP contribution is -2.45. The first-order valence-electron chi connectivity index (χ1n) is 8.51. The minimum absolute atomic E-state index is 0.00460. The Morgan fingerprint density at radius 2 is 1.80 bits per heavy atom. The first-order valence-corrected chi connectivity index (χ1v) is 8.51. The molecule has 0 radical (unpaired) electrons. The number of carbonyl (C=O) groups is 1. The summed E-state index contributed by atoms with van der Waals surface area (Å²) < 4.78 is 19.5. The van der Waals surface area contributed by atoms with Crippen molar-refractivity contribution < 1.29 is 19.0 Å². The monoisotopic (exact) mass is 343 g/mol. The van der Waals surface area contributed by atoms with Crippen molar-refractivity contribution in [2.45, 2.75) is 37.8 Å². The number of methoxy groups -OCH3 is 1. The standard InChI is InChI=1S/C20H22FNO3/c1-25-15-9-6-13(7-10-15)14-8-11-16(17(21)12-14)20(24)22-18-4-2-3-5-19(18)23/h6-12,18-19,23H,2-5H2,1H3,(H,22,24). The summed E-state index contributed by atoms with van der Waals surface area (Å²) in [6.07, 6.45) is 2.75. The average molecular weight is 343 g/mol. The number of amides is 1. The number of ether oxygens (including phenoxy) is 1. The van der Waals surface area contributed by atoms with Gasteiger partial charge in [-0.25, -0.2) is 4.39 Å². The number of halogens is 1. The van der Waals surface area contributed by atoms with E-state index in [-0.39, 0.29) is 11.6 Å². The summed E-state index contributed by atoms with van der Waals surface area (Å²) in [4.78, 5) is 12.3. The van der Waals surface area contributed by atoms with Crippen LogP contribution < -0.4 is 10.1 Å². The molecule has 5 heteroatoms. The van der Waals surface area contributed by atoms with Crippen molar-refractivity contribution in [1.82, 2.24) is 5.32 Å². The third-order valence-corrected chi connectivity index (χ3v) is 4.68. The Bertz CT molecular complexity index is 745. The van der Waals surface area contributed by atoms with Gasteiger partial charge >= 0.3 is 0 Å². The zero-order valence-electron chi connectivity index (χ0n) is 14.2. The number of nitrogens with one attached hydrogen (secondary N) is 1. The second-order valence-corrected chi connectivity index (χ2v) is 6.35. The van der Waals surface area contributed by atoms with Gasteiger partial charge in [0.05, 0.1) is 24.8 Å². The van der Waals surface area contributed by atoms with Crippen molar-refractivity contribution in [2.75, 3.05) is 7.11 Å². The van der Waals surface area contributed by atoms with Gasteiger partial charge in [0.2, 0.25) is 0 Å². The molecule has 132 valence electrons. The third-order valence-electron chi connectivity index (χ3n) is 4.68. The largest absolute Gasteiger partial charge is 0.497 e. The number of hydrogen-bond donors (Lipinski definition) is 2. The highest BCUT2D eigenvalue weighted by molar-refractivity contribution is 5.95. The first-order chi connectivity index (χ1) is 12.1. The van der Waals surface area contributed by atoms with E-state index in [1.165, 1.54) is 12.1 Å². The van der Waals surface area contributed by atoms with Crippen molar-refractivity contribution >= 4 is 5.91 Å². The minimum atomic E-state index is -0.573. The number of aliphatic hydroxyl groups is 1. The molecule has 0 bridgehead atoms. The maximum absolute atomic E-state index is 14.4. The topological polar surface area (TPSA) is 58.6 Å². The van der Waals surface area contributed by atoms with Gasteiger partial charge in [0.1, 0.15) is 11.6 Å². The van der Waals surface area contributed by atoms with E-state index < -0.39 is 17.8 Å². The van der Waals surface area contributed by atoms with Crippen molar-refractivity contribution in [1.29, 1.82) is 0 Å². The smallest absolute Gasteiger partial charge is 0.254 e. The molecule has 2 unspecified atom stereocenters. The van der Waals surface area contributed by atoms with E-state index in [4.69, 9.17) is 4.74 Å². The maximum Gasteiger partial charge on any atom is 0.254 e. The second kappa shape index (κ2) is 7.66. The van der Waals surface area contributed by atoms with Crippen LogP contribution in [0.5, 0.6) is 5.75 Å². The van der Waals surface area contributed by atoms with Crippen LogP contribution in [0.2, 0.25) is 0 Å². The lowest BCUT2D eigenvalue weighted by atomic mass is 9.92. The molecule has 0 spiro atoms. The van der Waals surface area contributed by atoms with E-state index in [2.05, 4.69) is 5.32 Å². The molecule has 2 aromatic carbocycles. The Kier molecular flexibility index (Phi) is 5.34. The van der Waals surface area contributed by atoms with E-state index in [9.17, 15) is 14.3 Å². The predicted molar refractivity (Wildman–Crippen MR) is 94.1 cm³/mol. The summed E-state index contributed by atoms with van der Waals surface area (Å²) in [5.41, 5.74) is 1.53. The molecule has 1 aliphatic carbocycles. The van der Waals surface area contributed by atoms with Gasteiger partial charge in [-0.1, -0.05) is 31.0 Å². The summed E-state index contributed by atoms with van der Waals surface area (Å²) in [5.74, 6) is -0.327. The van der Waals surface area contributed by atoms with E-state index >= 15 is 0 Å². The molecular weight excluding hydrogens is 321 g/mol. The molecule has 0 aliphatic heterocycles. The van der Waals surface area contributed by atoms with Crippen LogP contribution in [0.25, 0.3) is 11.1 Å². The molecular formula is C20H22FNO3. The Hall–Kier alpha value is -2.40. The Balaban J connectivity index is 1.75. The zero-order valence-corrected chi connectivity index (χ0v) is 14.2. The van der Waals surface area contributed by atoms with Gasteiger partial charge in [-0.2, -0.15) is 0 Å². The molecule has 1 fully saturated rings. The number of hydrogen-bond acceptors (Lipinski definition) is 3. The van der Waals surface area contributed by atoms with Crippen LogP contribution in [0.3, 0.4) is 0 Å². The number of rotatable bonds is 4. The third kappa shape index (κ3) is 3.99. The molecule has 1 aliphatic rings. The maximum atomic E-state index is 14.4. The molecule has 2 N–H and O–H groups in total. The lowest BCUT2D eigenvalue weighted by molar-refractivity contribution is 0.0714. The van der Waals surface area contributed by atoms with Crippen LogP contribution in [0, 0.1) is 5.82 Å². The summed E-state index contributed by atoms with van der Waals surface area (Å²) in [5, 5.41) is 12.7. The zero-order chi connectivity index (χ0) is 17.8. The summed E-state index contributed by atoms with van der Waals surface area (Å²) >= 11 is 0. The Morgan fingerprint density at radius 1 is 1.12 bits per heavy atom. The average Bonchev–Trinajstić information content (AvgIpc) is 2.63.